The molecule has 116 valence electrons. The molecule has 0 saturated carbocycles. The van der Waals surface area contributed by atoms with E-state index in [2.05, 4.69) is 0 Å². The first kappa shape index (κ1) is 16.1. The number of benzene rings is 2. The molecule has 2 aromatic carbocycles. The third kappa shape index (κ3) is 3.49. The number of halogens is 2. The molecule has 0 atom stereocenters. The zero-order valence-corrected chi connectivity index (χ0v) is 12.5. The van der Waals surface area contributed by atoms with Gasteiger partial charge < -0.3 is 14.9 Å². The summed E-state index contributed by atoms with van der Waals surface area (Å²) in [7, 11) is 0. The first-order valence-electron chi connectivity index (χ1n) is 6.58. The lowest BCUT2D eigenvalue weighted by Crippen LogP contribution is -2.12. The van der Waals surface area contributed by atoms with Gasteiger partial charge in [0.2, 0.25) is 5.78 Å². The molecule has 0 aliphatic heterocycles. The number of hydrogen-bond donors (Lipinski definition) is 2. The molecule has 2 aromatic rings. The Morgan fingerprint density at radius 2 is 1.95 bits per heavy atom. The maximum atomic E-state index is 13.1. The summed E-state index contributed by atoms with van der Waals surface area (Å²) in [5.41, 5.74) is 0.562. The largest absolute Gasteiger partial charge is 0.508 e. The summed E-state index contributed by atoms with van der Waals surface area (Å²) in [4.78, 5) is 12.1. The Bertz CT molecular complexity index is 716. The number of phenolic OH excluding ortho intramolecular Hbond substituents is 2. The minimum absolute atomic E-state index is 0.0298. The molecular formula is C16H14ClFO4. The van der Waals surface area contributed by atoms with Crippen molar-refractivity contribution in [2.75, 3.05) is 6.61 Å². The molecule has 0 aliphatic carbocycles. The molecule has 0 aromatic heterocycles. The van der Waals surface area contributed by atoms with Gasteiger partial charge in [0.1, 0.15) is 23.1 Å². The van der Waals surface area contributed by atoms with Gasteiger partial charge in [-0.3, -0.25) is 4.79 Å². The smallest absolute Gasteiger partial charge is 0.203 e. The Labute approximate surface area is 131 Å². The van der Waals surface area contributed by atoms with Crippen molar-refractivity contribution >= 4 is 17.4 Å². The van der Waals surface area contributed by atoms with Crippen LogP contribution in [0.1, 0.15) is 22.8 Å². The molecule has 2 rings (SSSR count). The lowest BCUT2D eigenvalue weighted by Gasteiger charge is -2.10. The normalized spacial score (nSPS) is 10.5. The summed E-state index contributed by atoms with van der Waals surface area (Å²) in [6.45, 7) is 1.40. The number of aromatic hydroxyl groups is 2. The minimum atomic E-state index is -0.535. The van der Waals surface area contributed by atoms with E-state index in [1.807, 2.05) is 6.92 Å². The van der Waals surface area contributed by atoms with E-state index in [4.69, 9.17) is 16.3 Å². The van der Waals surface area contributed by atoms with Gasteiger partial charge in [-0.15, -0.1) is 0 Å². The van der Waals surface area contributed by atoms with Crippen molar-refractivity contribution in [1.82, 2.24) is 0 Å². The van der Waals surface area contributed by atoms with Crippen LogP contribution in [0.2, 0.25) is 5.02 Å². The third-order valence-electron chi connectivity index (χ3n) is 3.13. The molecular weight excluding hydrogens is 311 g/mol. The molecule has 0 fully saturated rings. The summed E-state index contributed by atoms with van der Waals surface area (Å²) >= 11 is 5.84. The number of phenols is 2. The molecule has 0 bridgehead atoms. The number of carbonyl (C=O) groups is 1. The van der Waals surface area contributed by atoms with Gasteiger partial charge in [-0.25, -0.2) is 4.39 Å². The monoisotopic (exact) mass is 324 g/mol. The molecule has 0 saturated heterocycles. The summed E-state index contributed by atoms with van der Waals surface area (Å²) < 4.78 is 18.3. The van der Waals surface area contributed by atoms with Crippen LogP contribution in [0.4, 0.5) is 4.39 Å². The van der Waals surface area contributed by atoms with Gasteiger partial charge in [0.05, 0.1) is 10.6 Å². The second-order valence-corrected chi connectivity index (χ2v) is 5.05. The Kier molecular flexibility index (Phi) is 4.88. The van der Waals surface area contributed by atoms with E-state index >= 15 is 0 Å². The van der Waals surface area contributed by atoms with Crippen LogP contribution < -0.4 is 4.74 Å². The van der Waals surface area contributed by atoms with Crippen LogP contribution in [0.5, 0.6) is 17.2 Å². The average Bonchev–Trinajstić information content (AvgIpc) is 2.48. The minimum Gasteiger partial charge on any atom is -0.508 e. The van der Waals surface area contributed by atoms with Crippen molar-refractivity contribution in [2.45, 2.75) is 13.3 Å². The van der Waals surface area contributed by atoms with Crippen molar-refractivity contribution in [2.24, 2.45) is 0 Å². The van der Waals surface area contributed by atoms with Crippen molar-refractivity contribution in [3.63, 3.8) is 0 Å². The van der Waals surface area contributed by atoms with Gasteiger partial charge >= 0.3 is 0 Å². The second kappa shape index (κ2) is 6.66. The fourth-order valence-corrected chi connectivity index (χ4v) is 2.11. The van der Waals surface area contributed by atoms with E-state index < -0.39 is 18.2 Å². The van der Waals surface area contributed by atoms with Crippen LogP contribution >= 0.6 is 11.6 Å². The fraction of sp³-hybridized carbons (Fsp3) is 0.188. The van der Waals surface area contributed by atoms with E-state index in [1.54, 1.807) is 0 Å². The van der Waals surface area contributed by atoms with E-state index in [1.165, 1.54) is 18.2 Å². The maximum absolute atomic E-state index is 13.1. The van der Waals surface area contributed by atoms with Crippen LogP contribution in [0.3, 0.4) is 0 Å². The highest BCUT2D eigenvalue weighted by molar-refractivity contribution is 6.32. The number of hydrogen-bond acceptors (Lipinski definition) is 4. The molecule has 4 nitrogen and oxygen atoms in total. The van der Waals surface area contributed by atoms with Crippen LogP contribution in [0.15, 0.2) is 30.3 Å². The summed E-state index contributed by atoms with van der Waals surface area (Å²) in [6, 6.07) is 6.09. The van der Waals surface area contributed by atoms with Crippen molar-refractivity contribution in [3.8, 4) is 17.2 Å². The predicted octanol–water partition coefficient (Wildman–Crippen LogP) is 3.71. The standard InChI is InChI=1S/C16H14ClFO4/c1-2-9-5-11(14(20)7-13(9)19)15(21)8-22-16-6-10(18)3-4-12(16)17/h3-7,19-20H,2,8H2,1H3. The first-order valence-corrected chi connectivity index (χ1v) is 6.96. The molecule has 0 radical (unpaired) electrons. The van der Waals surface area contributed by atoms with Crippen molar-refractivity contribution < 1.29 is 24.1 Å². The Morgan fingerprint density at radius 3 is 2.64 bits per heavy atom. The average molecular weight is 325 g/mol. The lowest BCUT2D eigenvalue weighted by molar-refractivity contribution is 0.0918. The van der Waals surface area contributed by atoms with Crippen molar-refractivity contribution in [1.29, 1.82) is 0 Å². The highest BCUT2D eigenvalue weighted by Crippen LogP contribution is 2.29. The van der Waals surface area contributed by atoms with Gasteiger partial charge in [-0.1, -0.05) is 18.5 Å². The Balaban J connectivity index is 2.17. The van der Waals surface area contributed by atoms with Crippen LogP contribution in [0.25, 0.3) is 0 Å². The van der Waals surface area contributed by atoms with Crippen LogP contribution in [0, 0.1) is 5.82 Å². The number of aryl methyl sites for hydroxylation is 1. The third-order valence-corrected chi connectivity index (χ3v) is 3.44. The Hall–Kier alpha value is -2.27. The fourth-order valence-electron chi connectivity index (χ4n) is 1.94. The van der Waals surface area contributed by atoms with Gasteiger partial charge in [0.15, 0.2) is 6.61 Å². The molecule has 0 unspecified atom stereocenters. The topological polar surface area (TPSA) is 66.8 Å². The molecule has 2 N–H and O–H groups in total. The van der Waals surface area contributed by atoms with E-state index in [9.17, 15) is 19.4 Å². The molecule has 22 heavy (non-hydrogen) atoms. The second-order valence-electron chi connectivity index (χ2n) is 4.64. The quantitative estimate of drug-likeness (QED) is 0.823. The summed E-state index contributed by atoms with van der Waals surface area (Å²) in [6.07, 6.45) is 0.503. The van der Waals surface area contributed by atoms with E-state index in [-0.39, 0.29) is 27.8 Å². The molecule has 0 amide bonds. The van der Waals surface area contributed by atoms with Crippen LogP contribution in [-0.2, 0) is 6.42 Å². The summed E-state index contributed by atoms with van der Waals surface area (Å²) in [5, 5.41) is 19.5. The maximum Gasteiger partial charge on any atom is 0.203 e. The number of ketones is 1. The first-order chi connectivity index (χ1) is 10.4. The molecule has 0 heterocycles. The molecule has 0 spiro atoms. The van der Waals surface area contributed by atoms with Gasteiger partial charge in [0.25, 0.3) is 0 Å². The number of ether oxygens (including phenoxy) is 1. The van der Waals surface area contributed by atoms with E-state index in [0.29, 0.717) is 12.0 Å². The molecule has 0 aliphatic rings. The number of Topliss-reactive ketones (excluding diaryl/α,β-unsaturated/α-hetero) is 1. The van der Waals surface area contributed by atoms with Crippen LogP contribution in [-0.4, -0.2) is 22.6 Å². The van der Waals surface area contributed by atoms with Crippen molar-refractivity contribution in [3.05, 3.63) is 52.3 Å². The number of carbonyl (C=O) groups excluding carboxylic acids is 1. The number of rotatable bonds is 5. The van der Waals surface area contributed by atoms with Gasteiger partial charge in [-0.2, -0.15) is 0 Å². The summed E-state index contributed by atoms with van der Waals surface area (Å²) in [5.74, 6) is -1.41. The zero-order valence-electron chi connectivity index (χ0n) is 11.8. The Morgan fingerprint density at radius 1 is 1.23 bits per heavy atom. The highest BCUT2D eigenvalue weighted by Gasteiger charge is 2.16. The lowest BCUT2D eigenvalue weighted by atomic mass is 10.0. The van der Waals surface area contributed by atoms with Gasteiger partial charge in [0, 0.05) is 12.1 Å². The highest BCUT2D eigenvalue weighted by atomic mass is 35.5. The zero-order chi connectivity index (χ0) is 16.3. The van der Waals surface area contributed by atoms with E-state index in [0.717, 1.165) is 12.1 Å². The SMILES string of the molecule is CCc1cc(C(=O)COc2cc(F)ccc2Cl)c(O)cc1O. The predicted molar refractivity (Wildman–Crippen MR) is 80.4 cm³/mol. The molecule has 6 heteroatoms. The van der Waals surface area contributed by atoms with Gasteiger partial charge in [-0.05, 0) is 30.2 Å².